The third kappa shape index (κ3) is 5.67. The van der Waals surface area contributed by atoms with E-state index in [1.807, 2.05) is 6.92 Å². The van der Waals surface area contributed by atoms with Crippen molar-refractivity contribution >= 4 is 29.3 Å². The highest BCUT2D eigenvalue weighted by molar-refractivity contribution is 6.03. The summed E-state index contributed by atoms with van der Waals surface area (Å²) in [6.45, 7) is 2.35. The van der Waals surface area contributed by atoms with Crippen molar-refractivity contribution in [1.29, 1.82) is 0 Å². The molecule has 0 fully saturated rings. The van der Waals surface area contributed by atoms with Gasteiger partial charge in [0.15, 0.2) is 0 Å². The molecule has 0 aliphatic carbocycles. The number of anilines is 1. The summed E-state index contributed by atoms with van der Waals surface area (Å²) < 4.78 is 5.52. The molecule has 0 spiro atoms. The first-order valence-electron chi connectivity index (χ1n) is 8.14. The Morgan fingerprint density at radius 2 is 1.93 bits per heavy atom. The fourth-order valence-electron chi connectivity index (χ4n) is 2.15. The van der Waals surface area contributed by atoms with E-state index in [2.05, 4.69) is 5.32 Å². The number of nitrogens with one attached hydrogen (secondary N) is 1. The molecule has 0 atom stereocenters. The molecule has 27 heavy (non-hydrogen) atoms. The molecule has 2 aromatic carbocycles. The highest BCUT2D eigenvalue weighted by Gasteiger charge is 2.11. The van der Waals surface area contributed by atoms with Crippen LogP contribution in [0.5, 0.6) is 5.75 Å². The maximum atomic E-state index is 12.2. The second kappa shape index (κ2) is 9.14. The average molecular weight is 370 g/mol. The van der Waals surface area contributed by atoms with Gasteiger partial charge in [-0.25, -0.2) is 4.79 Å². The van der Waals surface area contributed by atoms with Crippen LogP contribution in [0.3, 0.4) is 0 Å². The van der Waals surface area contributed by atoms with E-state index in [1.54, 1.807) is 0 Å². The highest BCUT2D eigenvalue weighted by Crippen LogP contribution is 2.26. The van der Waals surface area contributed by atoms with Gasteiger partial charge in [-0.15, -0.1) is 0 Å². The van der Waals surface area contributed by atoms with Crippen molar-refractivity contribution in [3.05, 3.63) is 69.8 Å². The van der Waals surface area contributed by atoms with Gasteiger partial charge in [0.1, 0.15) is 5.75 Å². The van der Waals surface area contributed by atoms with Gasteiger partial charge in [-0.05, 0) is 48.4 Å². The Morgan fingerprint density at radius 3 is 2.52 bits per heavy atom. The summed E-state index contributed by atoms with van der Waals surface area (Å²) in [5.41, 5.74) is 0.840. The first-order valence-corrected chi connectivity index (χ1v) is 8.14. The Morgan fingerprint density at radius 1 is 1.22 bits per heavy atom. The Hall–Kier alpha value is -3.68. The minimum absolute atomic E-state index is 0.0218. The SMILES string of the molecule is CCCOc1ccc(C(=O)O)cc1NC(=O)/C=C/c1ccc([N+](=O)[O-])cc1. The summed E-state index contributed by atoms with van der Waals surface area (Å²) in [5.74, 6) is -1.23. The van der Waals surface area contributed by atoms with Crippen molar-refractivity contribution < 1.29 is 24.4 Å². The van der Waals surface area contributed by atoms with Crippen LogP contribution in [-0.2, 0) is 4.79 Å². The number of amides is 1. The van der Waals surface area contributed by atoms with E-state index in [1.165, 1.54) is 54.6 Å². The predicted octanol–water partition coefficient (Wildman–Crippen LogP) is 3.73. The van der Waals surface area contributed by atoms with E-state index in [0.717, 1.165) is 6.42 Å². The Kier molecular flexibility index (Phi) is 6.65. The number of non-ortho nitro benzene ring substituents is 1. The van der Waals surface area contributed by atoms with Gasteiger partial charge in [-0.3, -0.25) is 14.9 Å². The number of carboxylic acids is 1. The summed E-state index contributed by atoms with van der Waals surface area (Å²) in [4.78, 5) is 33.4. The second-order valence-corrected chi connectivity index (χ2v) is 5.54. The molecule has 0 bridgehead atoms. The number of hydrogen-bond acceptors (Lipinski definition) is 5. The number of carboxylic acid groups (broad SMARTS) is 1. The van der Waals surface area contributed by atoms with Crippen LogP contribution in [0.25, 0.3) is 6.08 Å². The fourth-order valence-corrected chi connectivity index (χ4v) is 2.15. The van der Waals surface area contributed by atoms with Crippen LogP contribution in [0.15, 0.2) is 48.5 Å². The summed E-state index contributed by atoms with van der Waals surface area (Å²) in [7, 11) is 0. The van der Waals surface area contributed by atoms with E-state index >= 15 is 0 Å². The molecular weight excluding hydrogens is 352 g/mol. The van der Waals surface area contributed by atoms with E-state index in [9.17, 15) is 19.7 Å². The van der Waals surface area contributed by atoms with Crippen LogP contribution in [0.1, 0.15) is 29.3 Å². The minimum atomic E-state index is -1.12. The zero-order chi connectivity index (χ0) is 19.8. The largest absolute Gasteiger partial charge is 0.491 e. The van der Waals surface area contributed by atoms with Crippen molar-refractivity contribution in [3.8, 4) is 5.75 Å². The number of nitrogens with zero attached hydrogens (tertiary/aromatic N) is 1. The number of nitro groups is 1. The molecule has 0 radical (unpaired) electrons. The lowest BCUT2D eigenvalue weighted by atomic mass is 10.1. The zero-order valence-electron chi connectivity index (χ0n) is 14.5. The third-order valence-corrected chi connectivity index (χ3v) is 3.48. The van der Waals surface area contributed by atoms with Gasteiger partial charge in [0.25, 0.3) is 5.69 Å². The van der Waals surface area contributed by atoms with Crippen LogP contribution in [0, 0.1) is 10.1 Å². The molecule has 8 nitrogen and oxygen atoms in total. The van der Waals surface area contributed by atoms with Crippen LogP contribution >= 0.6 is 0 Å². The molecule has 0 heterocycles. The van der Waals surface area contributed by atoms with E-state index in [0.29, 0.717) is 17.9 Å². The Balaban J connectivity index is 2.14. The summed E-state index contributed by atoms with van der Waals surface area (Å²) in [6.07, 6.45) is 3.50. The van der Waals surface area contributed by atoms with Crippen LogP contribution in [-0.4, -0.2) is 28.5 Å². The van der Waals surface area contributed by atoms with Crippen molar-refractivity contribution in [3.63, 3.8) is 0 Å². The van der Waals surface area contributed by atoms with E-state index in [4.69, 9.17) is 9.84 Å². The standard InChI is InChI=1S/C19H18N2O6/c1-2-11-27-17-9-6-14(19(23)24)12-16(17)20-18(22)10-5-13-3-7-15(8-4-13)21(25)26/h3-10,12H,2,11H2,1H3,(H,20,22)(H,23,24)/b10-5+. The number of benzene rings is 2. The number of hydrogen-bond donors (Lipinski definition) is 2. The Bertz CT molecular complexity index is 874. The fraction of sp³-hybridized carbons (Fsp3) is 0.158. The van der Waals surface area contributed by atoms with Crippen molar-refractivity contribution in [2.75, 3.05) is 11.9 Å². The molecular formula is C19H18N2O6. The summed E-state index contributed by atoms with van der Waals surface area (Å²) in [5, 5.41) is 22.3. The predicted molar refractivity (Wildman–Crippen MR) is 99.9 cm³/mol. The topological polar surface area (TPSA) is 119 Å². The summed E-state index contributed by atoms with van der Waals surface area (Å²) >= 11 is 0. The van der Waals surface area contributed by atoms with Crippen molar-refractivity contribution in [2.45, 2.75) is 13.3 Å². The molecule has 0 unspecified atom stereocenters. The van der Waals surface area contributed by atoms with Crippen molar-refractivity contribution in [2.24, 2.45) is 0 Å². The molecule has 2 aromatic rings. The molecule has 8 heteroatoms. The third-order valence-electron chi connectivity index (χ3n) is 3.48. The van der Waals surface area contributed by atoms with Gasteiger partial charge in [0, 0.05) is 18.2 Å². The van der Waals surface area contributed by atoms with Gasteiger partial charge in [0.2, 0.25) is 5.91 Å². The minimum Gasteiger partial charge on any atom is -0.491 e. The molecule has 140 valence electrons. The quantitative estimate of drug-likeness (QED) is 0.415. The smallest absolute Gasteiger partial charge is 0.335 e. The molecule has 0 saturated carbocycles. The van der Waals surface area contributed by atoms with E-state index < -0.39 is 16.8 Å². The van der Waals surface area contributed by atoms with Gasteiger partial charge in [-0.1, -0.05) is 6.92 Å². The number of aromatic carboxylic acids is 1. The highest BCUT2D eigenvalue weighted by atomic mass is 16.6. The van der Waals surface area contributed by atoms with Gasteiger partial charge < -0.3 is 15.2 Å². The normalized spacial score (nSPS) is 10.6. The van der Waals surface area contributed by atoms with Crippen LogP contribution in [0.4, 0.5) is 11.4 Å². The Labute approximate surface area is 155 Å². The monoisotopic (exact) mass is 370 g/mol. The lowest BCUT2D eigenvalue weighted by molar-refractivity contribution is -0.384. The second-order valence-electron chi connectivity index (χ2n) is 5.54. The maximum Gasteiger partial charge on any atom is 0.335 e. The number of rotatable bonds is 8. The van der Waals surface area contributed by atoms with Gasteiger partial charge in [0.05, 0.1) is 22.8 Å². The van der Waals surface area contributed by atoms with Gasteiger partial charge >= 0.3 is 5.97 Å². The maximum absolute atomic E-state index is 12.2. The lowest BCUT2D eigenvalue weighted by Crippen LogP contribution is -2.11. The molecule has 2 rings (SSSR count). The number of nitro benzene ring substituents is 1. The van der Waals surface area contributed by atoms with Crippen molar-refractivity contribution in [1.82, 2.24) is 0 Å². The average Bonchev–Trinajstić information content (AvgIpc) is 2.65. The molecule has 0 aliphatic rings. The number of ether oxygens (including phenoxy) is 1. The molecule has 0 saturated heterocycles. The summed E-state index contributed by atoms with van der Waals surface area (Å²) in [6, 6.07) is 9.93. The van der Waals surface area contributed by atoms with Crippen LogP contribution in [0.2, 0.25) is 0 Å². The molecule has 0 aliphatic heterocycles. The van der Waals surface area contributed by atoms with E-state index in [-0.39, 0.29) is 16.9 Å². The number of carbonyl (C=O) groups is 2. The molecule has 0 aromatic heterocycles. The van der Waals surface area contributed by atoms with Crippen LogP contribution < -0.4 is 10.1 Å². The first kappa shape index (κ1) is 19.6. The number of carbonyl (C=O) groups excluding carboxylic acids is 1. The molecule has 2 N–H and O–H groups in total. The zero-order valence-corrected chi connectivity index (χ0v) is 14.5. The van der Waals surface area contributed by atoms with Gasteiger partial charge in [-0.2, -0.15) is 0 Å². The molecule has 1 amide bonds. The first-order chi connectivity index (χ1) is 12.9. The lowest BCUT2D eigenvalue weighted by Gasteiger charge is -2.12.